The number of amides is 1. The Morgan fingerprint density at radius 1 is 1.32 bits per heavy atom. The topological polar surface area (TPSA) is 103 Å². The van der Waals surface area contributed by atoms with Crippen LogP contribution in [-0.2, 0) is 4.79 Å². The minimum Gasteiger partial charge on any atom is -0.496 e. The van der Waals surface area contributed by atoms with Crippen LogP contribution in [0.2, 0.25) is 0 Å². The van der Waals surface area contributed by atoms with Crippen LogP contribution in [-0.4, -0.2) is 30.8 Å². The maximum atomic E-state index is 11.7. The van der Waals surface area contributed by atoms with Gasteiger partial charge < -0.3 is 9.47 Å². The molecule has 0 aliphatic heterocycles. The maximum Gasteiger partial charge on any atom is 0.310 e. The second kappa shape index (κ2) is 8.97. The molecule has 8 nitrogen and oxygen atoms in total. The van der Waals surface area contributed by atoms with Gasteiger partial charge in [-0.1, -0.05) is 12.1 Å². The lowest BCUT2D eigenvalue weighted by Crippen LogP contribution is -2.24. The molecule has 2 aromatic carbocycles. The number of hydrogen-bond donors (Lipinski definition) is 1. The molecule has 130 valence electrons. The van der Waals surface area contributed by atoms with Crippen LogP contribution in [0.4, 0.5) is 5.69 Å². The minimum absolute atomic E-state index is 0.0244. The third kappa shape index (κ3) is 5.41. The number of nitrogens with one attached hydrogen (secondary N) is 1. The van der Waals surface area contributed by atoms with Gasteiger partial charge in [0.2, 0.25) is 0 Å². The van der Waals surface area contributed by atoms with E-state index in [2.05, 4.69) is 33.1 Å². The van der Waals surface area contributed by atoms with Crippen molar-refractivity contribution in [2.45, 2.75) is 0 Å². The first-order chi connectivity index (χ1) is 12.0. The Bertz CT molecular complexity index is 810. The van der Waals surface area contributed by atoms with Crippen LogP contribution in [0.15, 0.2) is 47.6 Å². The maximum absolute atomic E-state index is 11.7. The van der Waals surface area contributed by atoms with Crippen molar-refractivity contribution in [2.24, 2.45) is 5.10 Å². The molecule has 0 bridgehead atoms. The van der Waals surface area contributed by atoms with E-state index in [4.69, 9.17) is 9.47 Å². The summed E-state index contributed by atoms with van der Waals surface area (Å²) in [4.78, 5) is 22.0. The van der Waals surface area contributed by atoms with Crippen molar-refractivity contribution < 1.29 is 19.2 Å². The highest BCUT2D eigenvalue weighted by Crippen LogP contribution is 2.25. The summed E-state index contributed by atoms with van der Waals surface area (Å²) in [5.41, 5.74) is 2.88. The second-order valence-corrected chi connectivity index (χ2v) is 5.86. The number of para-hydroxylation sites is 2. The molecule has 0 fully saturated rings. The summed E-state index contributed by atoms with van der Waals surface area (Å²) in [6.45, 7) is -0.387. The lowest BCUT2D eigenvalue weighted by molar-refractivity contribution is -0.385. The van der Waals surface area contributed by atoms with E-state index < -0.39 is 10.8 Å². The van der Waals surface area contributed by atoms with Gasteiger partial charge in [0.25, 0.3) is 5.91 Å². The SMILES string of the molecule is COc1ccc(C=NNC(=O)COc2ccccc2[N+](=O)[O-])cc1I. The molecule has 0 saturated carbocycles. The average molecular weight is 455 g/mol. The summed E-state index contributed by atoms with van der Waals surface area (Å²) in [6, 6.07) is 11.3. The van der Waals surface area contributed by atoms with Crippen molar-refractivity contribution in [3.63, 3.8) is 0 Å². The van der Waals surface area contributed by atoms with Crippen LogP contribution in [0.5, 0.6) is 11.5 Å². The van der Waals surface area contributed by atoms with Gasteiger partial charge in [-0.2, -0.15) is 5.10 Å². The summed E-state index contributed by atoms with van der Waals surface area (Å²) < 4.78 is 11.2. The second-order valence-electron chi connectivity index (χ2n) is 4.70. The molecule has 0 atom stereocenters. The van der Waals surface area contributed by atoms with E-state index in [9.17, 15) is 14.9 Å². The molecule has 1 amide bonds. The Morgan fingerprint density at radius 2 is 2.08 bits per heavy atom. The number of benzene rings is 2. The van der Waals surface area contributed by atoms with Crippen molar-refractivity contribution in [3.8, 4) is 11.5 Å². The van der Waals surface area contributed by atoms with Gasteiger partial charge in [-0.15, -0.1) is 0 Å². The number of nitro groups is 1. The molecule has 0 aliphatic carbocycles. The van der Waals surface area contributed by atoms with Crippen molar-refractivity contribution >= 4 is 40.4 Å². The molecule has 0 aromatic heterocycles. The predicted octanol–water partition coefficient (Wildman–Crippen LogP) is 2.74. The van der Waals surface area contributed by atoms with Gasteiger partial charge in [-0.05, 0) is 52.4 Å². The van der Waals surface area contributed by atoms with Gasteiger partial charge in [0.1, 0.15) is 5.75 Å². The van der Waals surface area contributed by atoms with E-state index in [0.717, 1.165) is 14.9 Å². The zero-order valence-electron chi connectivity index (χ0n) is 13.1. The van der Waals surface area contributed by atoms with Gasteiger partial charge in [-0.25, -0.2) is 5.43 Å². The van der Waals surface area contributed by atoms with Crippen molar-refractivity contribution in [1.29, 1.82) is 0 Å². The van der Waals surface area contributed by atoms with Gasteiger partial charge in [0.05, 0.1) is 21.8 Å². The molecular formula is C16H14IN3O5. The summed E-state index contributed by atoms with van der Waals surface area (Å²) >= 11 is 2.13. The molecule has 0 aliphatic rings. The number of hydrogen-bond acceptors (Lipinski definition) is 6. The van der Waals surface area contributed by atoms with Crippen LogP contribution >= 0.6 is 22.6 Å². The summed E-state index contributed by atoms with van der Waals surface area (Å²) in [6.07, 6.45) is 1.48. The number of carbonyl (C=O) groups excluding carboxylic acids is 1. The van der Waals surface area contributed by atoms with E-state index in [-0.39, 0.29) is 18.0 Å². The van der Waals surface area contributed by atoms with Gasteiger partial charge in [-0.3, -0.25) is 14.9 Å². The fourth-order valence-electron chi connectivity index (χ4n) is 1.85. The molecule has 25 heavy (non-hydrogen) atoms. The van der Waals surface area contributed by atoms with E-state index in [0.29, 0.717) is 0 Å². The highest BCUT2D eigenvalue weighted by molar-refractivity contribution is 14.1. The lowest BCUT2D eigenvalue weighted by Gasteiger charge is -2.05. The predicted molar refractivity (Wildman–Crippen MR) is 100 cm³/mol. The number of nitrogens with zero attached hydrogens (tertiary/aromatic N) is 2. The smallest absolute Gasteiger partial charge is 0.310 e. The highest BCUT2D eigenvalue weighted by Gasteiger charge is 2.14. The molecule has 1 N–H and O–H groups in total. The van der Waals surface area contributed by atoms with E-state index >= 15 is 0 Å². The van der Waals surface area contributed by atoms with Crippen LogP contribution in [0, 0.1) is 13.7 Å². The van der Waals surface area contributed by atoms with E-state index in [1.807, 2.05) is 6.07 Å². The fourth-order valence-corrected chi connectivity index (χ4v) is 2.61. The van der Waals surface area contributed by atoms with E-state index in [1.54, 1.807) is 25.3 Å². The number of rotatable bonds is 7. The molecule has 2 aromatic rings. The van der Waals surface area contributed by atoms with Crippen molar-refractivity contribution in [2.75, 3.05) is 13.7 Å². The summed E-state index contributed by atoms with van der Waals surface area (Å²) in [5, 5.41) is 14.7. The Morgan fingerprint density at radius 3 is 2.76 bits per heavy atom. The number of carbonyl (C=O) groups is 1. The summed E-state index contributed by atoms with van der Waals surface area (Å²) in [5.74, 6) is 0.244. The molecular weight excluding hydrogens is 441 g/mol. The lowest BCUT2D eigenvalue weighted by atomic mass is 10.2. The van der Waals surface area contributed by atoms with Crippen LogP contribution < -0.4 is 14.9 Å². The Hall–Kier alpha value is -2.69. The largest absolute Gasteiger partial charge is 0.496 e. The van der Waals surface area contributed by atoms with Gasteiger partial charge in [0, 0.05) is 6.07 Å². The fraction of sp³-hybridized carbons (Fsp3) is 0.125. The van der Waals surface area contributed by atoms with Crippen LogP contribution in [0.3, 0.4) is 0 Å². The van der Waals surface area contributed by atoms with Crippen molar-refractivity contribution in [3.05, 3.63) is 61.7 Å². The Labute approximate surface area is 157 Å². The third-order valence-electron chi connectivity index (χ3n) is 3.00. The quantitative estimate of drug-likeness (QED) is 0.300. The number of hydrazone groups is 1. The molecule has 0 heterocycles. The zero-order valence-corrected chi connectivity index (χ0v) is 15.3. The first-order valence-electron chi connectivity index (χ1n) is 7.03. The molecule has 0 radical (unpaired) electrons. The Balaban J connectivity index is 1.89. The number of ether oxygens (including phenoxy) is 2. The normalized spacial score (nSPS) is 10.5. The first kappa shape index (κ1) is 18.6. The summed E-state index contributed by atoms with van der Waals surface area (Å²) in [7, 11) is 1.59. The first-order valence-corrected chi connectivity index (χ1v) is 8.11. The Kier molecular flexibility index (Phi) is 6.69. The van der Waals surface area contributed by atoms with Gasteiger partial charge >= 0.3 is 5.69 Å². The standard InChI is InChI=1S/C16H14IN3O5/c1-24-14-7-6-11(8-12(14)17)9-18-19-16(21)10-25-15-5-3-2-4-13(15)20(22)23/h2-9H,10H2,1H3,(H,19,21). The molecule has 9 heteroatoms. The molecule has 0 saturated heterocycles. The monoisotopic (exact) mass is 455 g/mol. The average Bonchev–Trinajstić information content (AvgIpc) is 2.60. The molecule has 0 spiro atoms. The number of methoxy groups -OCH3 is 1. The van der Waals surface area contributed by atoms with Gasteiger partial charge in [0.15, 0.2) is 12.4 Å². The number of nitro benzene ring substituents is 1. The number of halogens is 1. The van der Waals surface area contributed by atoms with Crippen LogP contribution in [0.1, 0.15) is 5.56 Å². The van der Waals surface area contributed by atoms with Crippen LogP contribution in [0.25, 0.3) is 0 Å². The molecule has 2 rings (SSSR count). The zero-order chi connectivity index (χ0) is 18.2. The van der Waals surface area contributed by atoms with E-state index in [1.165, 1.54) is 24.4 Å². The van der Waals surface area contributed by atoms with Crippen molar-refractivity contribution in [1.82, 2.24) is 5.43 Å². The minimum atomic E-state index is -0.573. The highest BCUT2D eigenvalue weighted by atomic mass is 127. The third-order valence-corrected chi connectivity index (χ3v) is 3.84. The molecule has 0 unspecified atom stereocenters.